The lowest BCUT2D eigenvalue weighted by Gasteiger charge is -2.34. The molecule has 112 valence electrons. The Labute approximate surface area is 121 Å². The standard InChI is InChI=1S/C15H24N2O2S/c1-11-7-8-13(16)14(12(11)2)20(18,19)17-15(3)9-5-4-6-10-15/h7-8,17H,4-6,9-10,16H2,1-3H3. The van der Waals surface area contributed by atoms with Gasteiger partial charge >= 0.3 is 0 Å². The smallest absolute Gasteiger partial charge is 0.243 e. The molecule has 2 rings (SSSR count). The first-order valence-electron chi connectivity index (χ1n) is 7.15. The summed E-state index contributed by atoms with van der Waals surface area (Å²) in [5.74, 6) is 0. The van der Waals surface area contributed by atoms with Crippen molar-refractivity contribution in [1.82, 2.24) is 4.72 Å². The molecule has 0 bridgehead atoms. The summed E-state index contributed by atoms with van der Waals surface area (Å²) in [4.78, 5) is 0.240. The number of nitrogens with one attached hydrogen (secondary N) is 1. The number of sulfonamides is 1. The highest BCUT2D eigenvalue weighted by molar-refractivity contribution is 7.89. The summed E-state index contributed by atoms with van der Waals surface area (Å²) >= 11 is 0. The molecule has 1 saturated carbocycles. The van der Waals surface area contributed by atoms with Gasteiger partial charge in [-0.05, 0) is 50.8 Å². The molecule has 20 heavy (non-hydrogen) atoms. The van der Waals surface area contributed by atoms with E-state index < -0.39 is 10.0 Å². The SMILES string of the molecule is Cc1ccc(N)c(S(=O)(=O)NC2(C)CCCCC2)c1C. The first kappa shape index (κ1) is 15.3. The largest absolute Gasteiger partial charge is 0.398 e. The average molecular weight is 296 g/mol. The zero-order valence-corrected chi connectivity index (χ0v) is 13.3. The fourth-order valence-corrected chi connectivity index (χ4v) is 4.87. The van der Waals surface area contributed by atoms with Crippen LogP contribution in [0.2, 0.25) is 0 Å². The van der Waals surface area contributed by atoms with E-state index in [2.05, 4.69) is 4.72 Å². The number of nitrogens with two attached hydrogens (primary N) is 1. The van der Waals surface area contributed by atoms with Gasteiger partial charge in [-0.15, -0.1) is 0 Å². The molecule has 0 radical (unpaired) electrons. The maximum absolute atomic E-state index is 12.7. The minimum atomic E-state index is -3.58. The molecule has 0 saturated heterocycles. The molecule has 1 aliphatic carbocycles. The van der Waals surface area contributed by atoms with Crippen LogP contribution in [0, 0.1) is 13.8 Å². The second-order valence-electron chi connectivity index (χ2n) is 6.15. The van der Waals surface area contributed by atoms with E-state index in [1.54, 1.807) is 6.07 Å². The molecule has 5 heteroatoms. The van der Waals surface area contributed by atoms with Gasteiger partial charge in [0.1, 0.15) is 4.90 Å². The summed E-state index contributed by atoms with van der Waals surface area (Å²) in [5, 5.41) is 0. The van der Waals surface area contributed by atoms with Gasteiger partial charge in [-0.3, -0.25) is 0 Å². The van der Waals surface area contributed by atoms with Gasteiger partial charge in [0.25, 0.3) is 0 Å². The third-order valence-corrected chi connectivity index (χ3v) is 6.15. The predicted octanol–water partition coefficient (Wildman–Crippen LogP) is 2.89. The maximum atomic E-state index is 12.7. The van der Waals surface area contributed by atoms with E-state index in [-0.39, 0.29) is 10.4 Å². The molecule has 4 nitrogen and oxygen atoms in total. The van der Waals surface area contributed by atoms with Gasteiger partial charge in [0.15, 0.2) is 0 Å². The molecule has 0 atom stereocenters. The molecular weight excluding hydrogens is 272 g/mol. The van der Waals surface area contributed by atoms with Crippen molar-refractivity contribution in [3.8, 4) is 0 Å². The lowest BCUT2D eigenvalue weighted by Crippen LogP contribution is -2.47. The van der Waals surface area contributed by atoms with Crippen molar-refractivity contribution >= 4 is 15.7 Å². The minimum Gasteiger partial charge on any atom is -0.398 e. The van der Waals surface area contributed by atoms with E-state index >= 15 is 0 Å². The van der Waals surface area contributed by atoms with Gasteiger partial charge in [0, 0.05) is 5.54 Å². The molecular formula is C15H24N2O2S. The lowest BCUT2D eigenvalue weighted by atomic mass is 9.84. The molecule has 0 unspecified atom stereocenters. The first-order chi connectivity index (χ1) is 9.25. The number of nitrogen functional groups attached to an aromatic ring is 1. The van der Waals surface area contributed by atoms with E-state index in [4.69, 9.17) is 5.73 Å². The second-order valence-corrected chi connectivity index (χ2v) is 7.77. The molecule has 0 amide bonds. The minimum absolute atomic E-state index is 0.240. The molecule has 0 spiro atoms. The molecule has 0 heterocycles. The van der Waals surface area contributed by atoms with Crippen LogP contribution in [0.15, 0.2) is 17.0 Å². The van der Waals surface area contributed by atoms with Gasteiger partial charge in [0.05, 0.1) is 5.69 Å². The van der Waals surface area contributed by atoms with Crippen LogP contribution in [-0.4, -0.2) is 14.0 Å². The average Bonchev–Trinajstić information content (AvgIpc) is 2.33. The van der Waals surface area contributed by atoms with Gasteiger partial charge in [-0.1, -0.05) is 25.3 Å². The van der Waals surface area contributed by atoms with Crippen molar-refractivity contribution in [2.75, 3.05) is 5.73 Å². The molecule has 1 aromatic carbocycles. The number of anilines is 1. The van der Waals surface area contributed by atoms with Crippen molar-refractivity contribution in [2.45, 2.75) is 63.3 Å². The Hall–Kier alpha value is -1.07. The first-order valence-corrected chi connectivity index (χ1v) is 8.63. The number of rotatable bonds is 3. The Bertz CT molecular complexity index is 603. The van der Waals surface area contributed by atoms with Gasteiger partial charge in [-0.25, -0.2) is 13.1 Å². The van der Waals surface area contributed by atoms with Gasteiger partial charge in [0.2, 0.25) is 10.0 Å². The highest BCUT2D eigenvalue weighted by Crippen LogP contribution is 2.31. The van der Waals surface area contributed by atoms with Crippen LogP contribution in [0.4, 0.5) is 5.69 Å². The zero-order valence-electron chi connectivity index (χ0n) is 12.5. The predicted molar refractivity (Wildman–Crippen MR) is 82.1 cm³/mol. The van der Waals surface area contributed by atoms with Gasteiger partial charge < -0.3 is 5.73 Å². The zero-order chi connectivity index (χ0) is 15.0. The van der Waals surface area contributed by atoms with E-state index in [1.807, 2.05) is 26.8 Å². The van der Waals surface area contributed by atoms with Gasteiger partial charge in [-0.2, -0.15) is 0 Å². The van der Waals surface area contributed by atoms with Crippen molar-refractivity contribution in [3.05, 3.63) is 23.3 Å². The molecule has 1 aliphatic rings. The maximum Gasteiger partial charge on any atom is 0.243 e. The molecule has 0 aromatic heterocycles. The fraction of sp³-hybridized carbons (Fsp3) is 0.600. The molecule has 3 N–H and O–H groups in total. The Kier molecular flexibility index (Phi) is 4.12. The number of hydrogen-bond donors (Lipinski definition) is 2. The van der Waals surface area contributed by atoms with Crippen molar-refractivity contribution < 1.29 is 8.42 Å². The summed E-state index contributed by atoms with van der Waals surface area (Å²) in [5.41, 5.74) is 7.55. The fourth-order valence-electron chi connectivity index (χ4n) is 2.98. The number of benzene rings is 1. The monoisotopic (exact) mass is 296 g/mol. The Morgan fingerprint density at radius 2 is 1.75 bits per heavy atom. The summed E-state index contributed by atoms with van der Waals surface area (Å²) in [6, 6.07) is 3.52. The molecule has 1 fully saturated rings. The Morgan fingerprint density at radius 3 is 2.35 bits per heavy atom. The van der Waals surface area contributed by atoms with Crippen molar-refractivity contribution in [3.63, 3.8) is 0 Å². The van der Waals surface area contributed by atoms with E-state index in [9.17, 15) is 8.42 Å². The van der Waals surface area contributed by atoms with Crippen LogP contribution < -0.4 is 10.5 Å². The topological polar surface area (TPSA) is 72.2 Å². The molecule has 0 aliphatic heterocycles. The Morgan fingerprint density at radius 1 is 1.15 bits per heavy atom. The van der Waals surface area contributed by atoms with Crippen LogP contribution >= 0.6 is 0 Å². The quantitative estimate of drug-likeness (QED) is 0.842. The second kappa shape index (κ2) is 5.37. The van der Waals surface area contributed by atoms with Crippen LogP contribution in [0.5, 0.6) is 0 Å². The molecule has 1 aromatic rings. The van der Waals surface area contributed by atoms with Crippen LogP contribution in [0.1, 0.15) is 50.2 Å². The lowest BCUT2D eigenvalue weighted by molar-refractivity contribution is 0.294. The highest BCUT2D eigenvalue weighted by atomic mass is 32.2. The van der Waals surface area contributed by atoms with E-state index in [1.165, 1.54) is 6.42 Å². The van der Waals surface area contributed by atoms with E-state index in [0.29, 0.717) is 5.69 Å². The normalized spacial score (nSPS) is 18.9. The Balaban J connectivity index is 2.38. The summed E-state index contributed by atoms with van der Waals surface area (Å²) in [6.45, 7) is 5.70. The van der Waals surface area contributed by atoms with Crippen LogP contribution in [-0.2, 0) is 10.0 Å². The summed E-state index contributed by atoms with van der Waals surface area (Å²) < 4.78 is 28.3. The van der Waals surface area contributed by atoms with E-state index in [0.717, 1.165) is 36.8 Å². The number of hydrogen-bond acceptors (Lipinski definition) is 3. The highest BCUT2D eigenvalue weighted by Gasteiger charge is 2.33. The van der Waals surface area contributed by atoms with Crippen LogP contribution in [0.25, 0.3) is 0 Å². The summed E-state index contributed by atoms with van der Waals surface area (Å²) in [6.07, 6.45) is 5.10. The van der Waals surface area contributed by atoms with Crippen LogP contribution in [0.3, 0.4) is 0 Å². The third kappa shape index (κ3) is 2.99. The summed E-state index contributed by atoms with van der Waals surface area (Å²) in [7, 11) is -3.58. The van der Waals surface area contributed by atoms with Crippen molar-refractivity contribution in [2.24, 2.45) is 0 Å². The number of aryl methyl sites for hydroxylation is 1. The third-order valence-electron chi connectivity index (χ3n) is 4.31. The van der Waals surface area contributed by atoms with Crippen molar-refractivity contribution in [1.29, 1.82) is 0 Å².